The lowest BCUT2D eigenvalue weighted by Crippen LogP contribution is -2.33. The first-order chi connectivity index (χ1) is 10.3. The molecule has 0 saturated heterocycles. The summed E-state index contributed by atoms with van der Waals surface area (Å²) < 4.78 is 5.41. The van der Waals surface area contributed by atoms with Gasteiger partial charge >= 0.3 is 0 Å². The predicted octanol–water partition coefficient (Wildman–Crippen LogP) is 3.75. The van der Waals surface area contributed by atoms with Crippen molar-refractivity contribution in [1.29, 1.82) is 0 Å². The molecule has 2 N–H and O–H groups in total. The van der Waals surface area contributed by atoms with Crippen LogP contribution < -0.4 is 10.5 Å². The van der Waals surface area contributed by atoms with E-state index in [1.54, 1.807) is 0 Å². The highest BCUT2D eigenvalue weighted by Gasteiger charge is 2.14. The highest BCUT2D eigenvalue weighted by molar-refractivity contribution is 7.99. The number of benzene rings is 2. The van der Waals surface area contributed by atoms with Gasteiger partial charge < -0.3 is 10.5 Å². The molecule has 0 aromatic heterocycles. The molecule has 3 heteroatoms. The fraction of sp³-hybridized carbons (Fsp3) is 0.222. The summed E-state index contributed by atoms with van der Waals surface area (Å²) in [6.07, 6.45) is 5.33. The van der Waals surface area contributed by atoms with E-state index in [4.69, 9.17) is 10.5 Å². The normalized spacial score (nSPS) is 18.6. The lowest BCUT2D eigenvalue weighted by atomic mass is 10.0. The molecule has 2 heterocycles. The molecule has 2 aliphatic rings. The van der Waals surface area contributed by atoms with Crippen LogP contribution >= 0.6 is 11.8 Å². The molecule has 0 aliphatic carbocycles. The number of nitrogens with two attached hydrogens (primary N) is 1. The Balaban J connectivity index is 0.000000126. The van der Waals surface area contributed by atoms with Crippen molar-refractivity contribution >= 4 is 17.8 Å². The smallest absolute Gasteiger partial charge is 0.122 e. The molecule has 2 aromatic rings. The van der Waals surface area contributed by atoms with E-state index in [0.717, 1.165) is 17.9 Å². The Labute approximate surface area is 130 Å². The maximum Gasteiger partial charge on any atom is 0.122 e. The number of thioether (sulfide) groups is 1. The second-order valence-corrected chi connectivity index (χ2v) is 6.20. The van der Waals surface area contributed by atoms with Gasteiger partial charge in [-0.15, -0.1) is 11.8 Å². The minimum absolute atomic E-state index is 0.171. The van der Waals surface area contributed by atoms with E-state index in [2.05, 4.69) is 42.5 Å². The third kappa shape index (κ3) is 3.69. The molecule has 2 aliphatic heterocycles. The van der Waals surface area contributed by atoms with Crippen LogP contribution in [0.1, 0.15) is 11.1 Å². The number of hydrogen-bond acceptors (Lipinski definition) is 3. The molecule has 2 aromatic carbocycles. The van der Waals surface area contributed by atoms with Crippen LogP contribution in [0.15, 0.2) is 59.5 Å². The van der Waals surface area contributed by atoms with Crippen molar-refractivity contribution in [3.63, 3.8) is 0 Å². The van der Waals surface area contributed by atoms with Gasteiger partial charge in [0.1, 0.15) is 12.4 Å². The van der Waals surface area contributed by atoms with Gasteiger partial charge in [-0.3, -0.25) is 0 Å². The van der Waals surface area contributed by atoms with Crippen LogP contribution in [0.3, 0.4) is 0 Å². The maximum atomic E-state index is 5.72. The first-order valence-corrected chi connectivity index (χ1v) is 8.16. The largest absolute Gasteiger partial charge is 0.492 e. The topological polar surface area (TPSA) is 35.2 Å². The second-order valence-electron chi connectivity index (χ2n) is 5.13. The van der Waals surface area contributed by atoms with Crippen LogP contribution in [0.25, 0.3) is 6.08 Å². The van der Waals surface area contributed by atoms with E-state index < -0.39 is 0 Å². The minimum atomic E-state index is 0.171. The maximum absolute atomic E-state index is 5.72. The first-order valence-electron chi connectivity index (χ1n) is 7.17. The van der Waals surface area contributed by atoms with E-state index in [-0.39, 0.29) is 6.04 Å². The first kappa shape index (κ1) is 14.2. The molecule has 0 amide bonds. The zero-order valence-corrected chi connectivity index (χ0v) is 12.7. The summed E-state index contributed by atoms with van der Waals surface area (Å²) in [7, 11) is 0. The Morgan fingerprint density at radius 3 is 2.76 bits per heavy atom. The van der Waals surface area contributed by atoms with Crippen LogP contribution in [0.5, 0.6) is 5.75 Å². The number of para-hydroxylation sites is 1. The van der Waals surface area contributed by atoms with E-state index in [0.29, 0.717) is 6.61 Å². The van der Waals surface area contributed by atoms with Crippen molar-refractivity contribution in [3.05, 3.63) is 65.7 Å². The second kappa shape index (κ2) is 6.83. The molecule has 0 bridgehead atoms. The van der Waals surface area contributed by atoms with Crippen LogP contribution in [-0.2, 0) is 6.42 Å². The van der Waals surface area contributed by atoms with E-state index >= 15 is 0 Å². The Morgan fingerprint density at radius 1 is 1.05 bits per heavy atom. The van der Waals surface area contributed by atoms with Gasteiger partial charge in [-0.1, -0.05) is 48.6 Å². The summed E-state index contributed by atoms with van der Waals surface area (Å²) in [4.78, 5) is 1.41. The lowest BCUT2D eigenvalue weighted by Gasteiger charge is -2.21. The summed E-state index contributed by atoms with van der Waals surface area (Å²) in [6, 6.07) is 16.7. The monoisotopic (exact) mass is 297 g/mol. The molecule has 1 unspecified atom stereocenters. The lowest BCUT2D eigenvalue weighted by molar-refractivity contribution is 0.263. The third-order valence-electron chi connectivity index (χ3n) is 3.46. The number of ether oxygens (including phenoxy) is 1. The van der Waals surface area contributed by atoms with Crippen molar-refractivity contribution in [2.45, 2.75) is 17.4 Å². The van der Waals surface area contributed by atoms with Gasteiger partial charge in [-0.25, -0.2) is 0 Å². The van der Waals surface area contributed by atoms with Crippen molar-refractivity contribution in [3.8, 4) is 5.75 Å². The van der Waals surface area contributed by atoms with E-state index in [1.165, 1.54) is 16.0 Å². The molecule has 0 saturated carbocycles. The summed E-state index contributed by atoms with van der Waals surface area (Å²) in [5.74, 6) is 2.12. The molecule has 21 heavy (non-hydrogen) atoms. The molecule has 1 atom stereocenters. The van der Waals surface area contributed by atoms with Gasteiger partial charge in [-0.05, 0) is 29.7 Å². The van der Waals surface area contributed by atoms with Crippen molar-refractivity contribution in [2.24, 2.45) is 5.73 Å². The summed E-state index contributed by atoms with van der Waals surface area (Å²) in [6.45, 7) is 0.650. The van der Waals surface area contributed by atoms with Gasteiger partial charge in [0.25, 0.3) is 0 Å². The van der Waals surface area contributed by atoms with Crippen LogP contribution in [0.4, 0.5) is 0 Å². The van der Waals surface area contributed by atoms with Gasteiger partial charge in [0.05, 0.1) is 0 Å². The highest BCUT2D eigenvalue weighted by atomic mass is 32.2. The van der Waals surface area contributed by atoms with Crippen LogP contribution in [-0.4, -0.2) is 18.4 Å². The Kier molecular flexibility index (Phi) is 4.63. The molecular formula is C18H19NOS. The average molecular weight is 297 g/mol. The predicted molar refractivity (Wildman–Crippen MR) is 89.8 cm³/mol. The molecule has 108 valence electrons. The summed E-state index contributed by atoms with van der Waals surface area (Å²) >= 11 is 1.90. The van der Waals surface area contributed by atoms with Crippen molar-refractivity contribution in [1.82, 2.24) is 0 Å². The molecule has 4 rings (SSSR count). The van der Waals surface area contributed by atoms with Gasteiger partial charge in [0, 0.05) is 16.7 Å². The Morgan fingerprint density at radius 2 is 1.86 bits per heavy atom. The molecule has 2 nitrogen and oxygen atoms in total. The SMILES string of the molecule is C1=Cc2ccccc2SC1.NC1COc2ccccc2C1. The molecule has 0 spiro atoms. The molecular weight excluding hydrogens is 278 g/mol. The zero-order valence-electron chi connectivity index (χ0n) is 11.9. The quantitative estimate of drug-likeness (QED) is 0.804. The third-order valence-corrected chi connectivity index (χ3v) is 4.50. The van der Waals surface area contributed by atoms with Crippen molar-refractivity contribution < 1.29 is 4.74 Å². The van der Waals surface area contributed by atoms with Crippen LogP contribution in [0.2, 0.25) is 0 Å². The molecule has 0 radical (unpaired) electrons. The Bertz CT molecular complexity index is 639. The minimum Gasteiger partial charge on any atom is -0.492 e. The van der Waals surface area contributed by atoms with E-state index in [9.17, 15) is 0 Å². The number of fused-ring (bicyclic) bond motifs is 2. The van der Waals surface area contributed by atoms with Gasteiger partial charge in [0.2, 0.25) is 0 Å². The van der Waals surface area contributed by atoms with E-state index in [1.807, 2.05) is 30.0 Å². The standard InChI is InChI=1S/C9H11NO.C9H8S/c10-8-5-7-3-1-2-4-9(7)11-6-8;1-2-6-9-8(4-1)5-3-7-10-9/h1-4,8H,5-6,10H2;1-6H,7H2. The van der Waals surface area contributed by atoms with Gasteiger partial charge in [0.15, 0.2) is 0 Å². The van der Waals surface area contributed by atoms with Gasteiger partial charge in [-0.2, -0.15) is 0 Å². The van der Waals surface area contributed by atoms with Crippen LogP contribution in [0, 0.1) is 0 Å². The Hall–Kier alpha value is -1.71. The highest BCUT2D eigenvalue weighted by Crippen LogP contribution is 2.27. The average Bonchev–Trinajstić information content (AvgIpc) is 2.55. The zero-order chi connectivity index (χ0) is 14.5. The fourth-order valence-corrected chi connectivity index (χ4v) is 3.26. The molecule has 0 fully saturated rings. The fourth-order valence-electron chi connectivity index (χ4n) is 2.41. The summed E-state index contributed by atoms with van der Waals surface area (Å²) in [5.41, 5.74) is 8.31. The van der Waals surface area contributed by atoms with Crippen molar-refractivity contribution in [2.75, 3.05) is 12.4 Å². The number of hydrogen-bond donors (Lipinski definition) is 1. The number of rotatable bonds is 0. The summed E-state index contributed by atoms with van der Waals surface area (Å²) in [5, 5.41) is 0.